The fraction of sp³-hybridized carbons (Fsp3) is 0.333. The summed E-state index contributed by atoms with van der Waals surface area (Å²) in [5.41, 5.74) is 2.34. The van der Waals surface area contributed by atoms with E-state index in [2.05, 4.69) is 50.4 Å². The van der Waals surface area contributed by atoms with Crippen molar-refractivity contribution >= 4 is 27.3 Å². The predicted molar refractivity (Wildman–Crippen MR) is 83.2 cm³/mol. The molecule has 1 N–H and O–H groups in total. The number of furan rings is 1. The first-order valence-electron chi connectivity index (χ1n) is 6.72. The molecular formula is C15H17BrN2O2. The van der Waals surface area contributed by atoms with Gasteiger partial charge in [0.2, 0.25) is 0 Å². The molecule has 5 heteroatoms. The summed E-state index contributed by atoms with van der Waals surface area (Å²) in [4.78, 5) is 2.34. The second-order valence-electron chi connectivity index (χ2n) is 4.71. The summed E-state index contributed by atoms with van der Waals surface area (Å²) in [5, 5.41) is 3.35. The third kappa shape index (κ3) is 3.35. The molecule has 3 rings (SSSR count). The number of hydrogen-bond donors (Lipinski definition) is 1. The lowest BCUT2D eigenvalue weighted by atomic mass is 10.2. The summed E-state index contributed by atoms with van der Waals surface area (Å²) in [7, 11) is 0. The molecule has 20 heavy (non-hydrogen) atoms. The van der Waals surface area contributed by atoms with Crippen LogP contribution in [-0.2, 0) is 11.3 Å². The summed E-state index contributed by atoms with van der Waals surface area (Å²) in [6.07, 6.45) is 0. The molecule has 1 aliphatic heterocycles. The largest absolute Gasteiger partial charge is 0.452 e. The van der Waals surface area contributed by atoms with Crippen molar-refractivity contribution in [3.05, 3.63) is 46.8 Å². The van der Waals surface area contributed by atoms with Crippen LogP contribution in [0.2, 0.25) is 0 Å². The third-order valence-electron chi connectivity index (χ3n) is 3.34. The van der Waals surface area contributed by atoms with Crippen LogP contribution in [0, 0.1) is 0 Å². The van der Waals surface area contributed by atoms with Gasteiger partial charge in [0.1, 0.15) is 5.76 Å². The van der Waals surface area contributed by atoms with Gasteiger partial charge in [0.05, 0.1) is 19.8 Å². The van der Waals surface area contributed by atoms with E-state index < -0.39 is 0 Å². The lowest BCUT2D eigenvalue weighted by Crippen LogP contribution is -2.36. The maximum Gasteiger partial charge on any atom is 0.169 e. The molecule has 0 bridgehead atoms. The van der Waals surface area contributed by atoms with Gasteiger partial charge in [-0.25, -0.2) is 0 Å². The fourth-order valence-electron chi connectivity index (χ4n) is 2.25. The normalized spacial score (nSPS) is 15.3. The highest BCUT2D eigenvalue weighted by Crippen LogP contribution is 2.20. The molecule has 0 unspecified atom stereocenters. The Labute approximate surface area is 126 Å². The van der Waals surface area contributed by atoms with Gasteiger partial charge in [-0.3, -0.25) is 0 Å². The Hall–Kier alpha value is -1.46. The lowest BCUT2D eigenvalue weighted by Gasteiger charge is -2.28. The van der Waals surface area contributed by atoms with Gasteiger partial charge in [0.15, 0.2) is 4.67 Å². The Balaban J connectivity index is 1.58. The predicted octanol–water partition coefficient (Wildman–Crippen LogP) is 3.49. The van der Waals surface area contributed by atoms with Crippen LogP contribution < -0.4 is 10.2 Å². The molecule has 0 saturated carbocycles. The highest BCUT2D eigenvalue weighted by molar-refractivity contribution is 9.10. The molecule has 106 valence electrons. The van der Waals surface area contributed by atoms with Gasteiger partial charge < -0.3 is 19.4 Å². The van der Waals surface area contributed by atoms with Crippen LogP contribution in [0.15, 0.2) is 45.5 Å². The first kappa shape index (κ1) is 13.5. The van der Waals surface area contributed by atoms with E-state index in [1.165, 1.54) is 5.69 Å². The number of nitrogens with one attached hydrogen (secondary N) is 1. The van der Waals surface area contributed by atoms with Crippen LogP contribution in [0.5, 0.6) is 0 Å². The molecule has 2 heterocycles. The average molecular weight is 337 g/mol. The highest BCUT2D eigenvalue weighted by atomic mass is 79.9. The molecule has 1 saturated heterocycles. The molecular weight excluding hydrogens is 320 g/mol. The summed E-state index contributed by atoms with van der Waals surface area (Å²) >= 11 is 3.30. The zero-order chi connectivity index (χ0) is 13.8. The number of halogens is 1. The Morgan fingerprint density at radius 1 is 1.05 bits per heavy atom. The molecule has 0 aliphatic carbocycles. The molecule has 1 aromatic carbocycles. The number of nitrogens with zero attached hydrogens (tertiary/aromatic N) is 1. The average Bonchev–Trinajstić information content (AvgIpc) is 2.92. The molecule has 1 aliphatic rings. The Morgan fingerprint density at radius 3 is 2.45 bits per heavy atom. The fourth-order valence-corrected chi connectivity index (χ4v) is 2.59. The van der Waals surface area contributed by atoms with E-state index in [1.807, 2.05) is 12.1 Å². The molecule has 0 radical (unpaired) electrons. The SMILES string of the molecule is Brc1ccc(CNc2ccc(N3CCOCC3)cc2)o1. The second kappa shape index (κ2) is 6.33. The summed E-state index contributed by atoms with van der Waals surface area (Å²) < 4.78 is 11.6. The minimum Gasteiger partial charge on any atom is -0.452 e. The van der Waals surface area contributed by atoms with Crippen LogP contribution in [0.1, 0.15) is 5.76 Å². The number of benzene rings is 1. The monoisotopic (exact) mass is 336 g/mol. The molecule has 0 atom stereocenters. The van der Waals surface area contributed by atoms with Crippen molar-refractivity contribution in [2.75, 3.05) is 36.5 Å². The second-order valence-corrected chi connectivity index (χ2v) is 5.49. The van der Waals surface area contributed by atoms with Gasteiger partial charge in [-0.2, -0.15) is 0 Å². The van der Waals surface area contributed by atoms with E-state index in [-0.39, 0.29) is 0 Å². The zero-order valence-corrected chi connectivity index (χ0v) is 12.7. The van der Waals surface area contributed by atoms with Crippen molar-refractivity contribution in [1.82, 2.24) is 0 Å². The molecule has 1 fully saturated rings. The lowest BCUT2D eigenvalue weighted by molar-refractivity contribution is 0.122. The number of rotatable bonds is 4. The van der Waals surface area contributed by atoms with Crippen molar-refractivity contribution in [1.29, 1.82) is 0 Å². The number of hydrogen-bond acceptors (Lipinski definition) is 4. The Kier molecular flexibility index (Phi) is 4.28. The van der Waals surface area contributed by atoms with E-state index in [1.54, 1.807) is 0 Å². The molecule has 1 aromatic heterocycles. The van der Waals surface area contributed by atoms with Crippen molar-refractivity contribution < 1.29 is 9.15 Å². The van der Waals surface area contributed by atoms with Gasteiger partial charge in [-0.05, 0) is 52.3 Å². The number of anilines is 2. The first-order valence-corrected chi connectivity index (χ1v) is 7.51. The Morgan fingerprint density at radius 2 is 1.80 bits per heavy atom. The van der Waals surface area contributed by atoms with Crippen molar-refractivity contribution in [2.45, 2.75) is 6.54 Å². The minimum absolute atomic E-state index is 0.683. The number of morpholine rings is 1. The molecule has 0 amide bonds. The van der Waals surface area contributed by atoms with E-state index in [4.69, 9.17) is 9.15 Å². The smallest absolute Gasteiger partial charge is 0.169 e. The number of ether oxygens (including phenoxy) is 1. The van der Waals surface area contributed by atoms with Crippen LogP contribution in [0.3, 0.4) is 0 Å². The molecule has 0 spiro atoms. The quantitative estimate of drug-likeness (QED) is 0.927. The van der Waals surface area contributed by atoms with Gasteiger partial charge in [-0.1, -0.05) is 0 Å². The Bertz CT molecular complexity index is 547. The van der Waals surface area contributed by atoms with Crippen molar-refractivity contribution in [2.24, 2.45) is 0 Å². The van der Waals surface area contributed by atoms with Gasteiger partial charge >= 0.3 is 0 Å². The van der Waals surface area contributed by atoms with Crippen LogP contribution in [0.25, 0.3) is 0 Å². The van der Waals surface area contributed by atoms with Crippen molar-refractivity contribution in [3.63, 3.8) is 0 Å². The summed E-state index contributed by atoms with van der Waals surface area (Å²) in [6, 6.07) is 12.3. The first-order chi connectivity index (χ1) is 9.81. The van der Waals surface area contributed by atoms with Crippen molar-refractivity contribution in [3.8, 4) is 0 Å². The summed E-state index contributed by atoms with van der Waals surface area (Å²) in [6.45, 7) is 4.24. The van der Waals surface area contributed by atoms with E-state index in [9.17, 15) is 0 Å². The van der Waals surface area contributed by atoms with Crippen LogP contribution >= 0.6 is 15.9 Å². The van der Waals surface area contributed by atoms with Crippen LogP contribution in [0.4, 0.5) is 11.4 Å². The standard InChI is InChI=1S/C15H17BrN2O2/c16-15-6-5-14(20-15)11-17-12-1-3-13(4-2-12)18-7-9-19-10-8-18/h1-6,17H,7-11H2. The van der Waals surface area contributed by atoms with Gasteiger partial charge in [0, 0.05) is 24.5 Å². The third-order valence-corrected chi connectivity index (χ3v) is 3.77. The maximum absolute atomic E-state index is 5.46. The topological polar surface area (TPSA) is 37.6 Å². The van der Waals surface area contributed by atoms with E-state index in [0.29, 0.717) is 6.54 Å². The molecule has 2 aromatic rings. The molecule has 4 nitrogen and oxygen atoms in total. The zero-order valence-electron chi connectivity index (χ0n) is 11.1. The highest BCUT2D eigenvalue weighted by Gasteiger charge is 2.10. The minimum atomic E-state index is 0.683. The van der Waals surface area contributed by atoms with Gasteiger partial charge in [0.25, 0.3) is 0 Å². The van der Waals surface area contributed by atoms with Crippen LogP contribution in [-0.4, -0.2) is 26.3 Å². The van der Waals surface area contributed by atoms with Gasteiger partial charge in [-0.15, -0.1) is 0 Å². The maximum atomic E-state index is 5.46. The van der Waals surface area contributed by atoms with E-state index >= 15 is 0 Å². The van der Waals surface area contributed by atoms with E-state index in [0.717, 1.165) is 42.4 Å². The summed E-state index contributed by atoms with van der Waals surface area (Å²) in [5.74, 6) is 0.911.